The second-order valence-corrected chi connectivity index (χ2v) is 12.6. The summed E-state index contributed by atoms with van der Waals surface area (Å²) in [7, 11) is 0. The zero-order valence-electron chi connectivity index (χ0n) is 25.7. The van der Waals surface area contributed by atoms with E-state index in [9.17, 15) is 0 Å². The molecule has 1 N–H and O–H groups in total. The fourth-order valence-electron chi connectivity index (χ4n) is 5.46. The molecule has 9 heteroatoms. The third kappa shape index (κ3) is 10.1. The summed E-state index contributed by atoms with van der Waals surface area (Å²) in [4.78, 5) is 23.0. The smallest absolute Gasteiger partial charge is 0.258 e. The Morgan fingerprint density at radius 3 is 1.79 bits per heavy atom. The summed E-state index contributed by atoms with van der Waals surface area (Å²) in [6.45, 7) is 2.29. The number of rotatable bonds is 18. The Bertz CT molecular complexity index is 1320. The van der Waals surface area contributed by atoms with E-state index in [-0.39, 0.29) is 0 Å². The fourth-order valence-corrected chi connectivity index (χ4v) is 6.41. The van der Waals surface area contributed by atoms with Crippen molar-refractivity contribution < 1.29 is 0 Å². The molecule has 8 nitrogen and oxygen atoms in total. The van der Waals surface area contributed by atoms with Gasteiger partial charge in [0.15, 0.2) is 0 Å². The van der Waals surface area contributed by atoms with Crippen molar-refractivity contribution in [1.82, 2.24) is 9.73 Å². The first-order valence-corrected chi connectivity index (χ1v) is 17.4. The maximum absolute atomic E-state index is 4.75. The molecular weight excluding hydrogens is 552 g/mol. The van der Waals surface area contributed by atoms with Gasteiger partial charge in [0.25, 0.3) is 11.9 Å². The number of guanidine groups is 2. The molecule has 8 bridgehead atoms. The van der Waals surface area contributed by atoms with E-state index in [4.69, 9.17) is 4.99 Å². The summed E-state index contributed by atoms with van der Waals surface area (Å²) in [5, 5.41) is 4.49. The summed E-state index contributed by atoms with van der Waals surface area (Å²) >= 11 is 1.72. The van der Waals surface area contributed by atoms with Crippen LogP contribution in [-0.2, 0) is 0 Å². The van der Waals surface area contributed by atoms with Crippen molar-refractivity contribution in [2.75, 3.05) is 5.75 Å². The molecule has 5 aliphatic heterocycles. The van der Waals surface area contributed by atoms with Gasteiger partial charge in [-0.2, -0.15) is 4.99 Å². The van der Waals surface area contributed by atoms with Gasteiger partial charge in [-0.1, -0.05) is 103 Å². The molecule has 0 unspecified atom stereocenters. The Morgan fingerprint density at radius 1 is 0.605 bits per heavy atom. The van der Waals surface area contributed by atoms with Gasteiger partial charge >= 0.3 is 0 Å². The minimum absolute atomic E-state index is 0.389. The maximum atomic E-state index is 4.75. The topological polar surface area (TPSA) is 89.4 Å². The van der Waals surface area contributed by atoms with E-state index in [0.29, 0.717) is 11.9 Å². The molecular formula is C34H46N8S. The normalized spacial score (nSPS) is 18.2. The maximum Gasteiger partial charge on any atom is 0.262 e. The van der Waals surface area contributed by atoms with Crippen LogP contribution in [0, 0.1) is 0 Å². The molecule has 5 rings (SSSR count). The van der Waals surface area contributed by atoms with Crippen LogP contribution in [0.5, 0.6) is 0 Å². The van der Waals surface area contributed by atoms with Crippen LogP contribution >= 0.6 is 11.9 Å². The average molecular weight is 599 g/mol. The standard InChI is InChI=1S/C34H46N8S/c1-2-3-4-5-6-7-8-9-10-11-12-13-14-15-16-17-22-43-42-32-25-30-21-20-28(37-30)23-27-18-19-29(36-27)24-31-26-35-33(38-31)39-34(42)41-40-32/h18-21,23-26,40H,2-17,22H2,1H3. The van der Waals surface area contributed by atoms with E-state index in [1.807, 2.05) is 46.8 Å². The zero-order valence-corrected chi connectivity index (χ0v) is 26.5. The van der Waals surface area contributed by atoms with Crippen LogP contribution in [0.15, 0.2) is 89.8 Å². The molecule has 43 heavy (non-hydrogen) atoms. The zero-order chi connectivity index (χ0) is 29.5. The molecule has 0 spiro atoms. The average Bonchev–Trinajstić information content (AvgIpc) is 3.81. The number of hydrogen-bond donors (Lipinski definition) is 1. The van der Waals surface area contributed by atoms with E-state index in [1.165, 1.54) is 96.3 Å². The lowest BCUT2D eigenvalue weighted by Gasteiger charge is -2.17. The number of nitrogens with one attached hydrogen (secondary N) is 1. The number of hydrazone groups is 1. The van der Waals surface area contributed by atoms with Gasteiger partial charge in [0.2, 0.25) is 0 Å². The molecule has 0 radical (unpaired) electrons. The van der Waals surface area contributed by atoms with Gasteiger partial charge in [0.1, 0.15) is 5.82 Å². The number of hydrogen-bond acceptors (Lipinski definition) is 9. The lowest BCUT2D eigenvalue weighted by molar-refractivity contribution is 0.531. The lowest BCUT2D eigenvalue weighted by atomic mass is 10.0. The van der Waals surface area contributed by atoms with Gasteiger partial charge in [-0.05, 0) is 54.8 Å². The van der Waals surface area contributed by atoms with Gasteiger partial charge in [0.05, 0.1) is 34.7 Å². The van der Waals surface area contributed by atoms with Crippen LogP contribution in [0.2, 0.25) is 0 Å². The van der Waals surface area contributed by atoms with Crippen LogP contribution in [0.25, 0.3) is 0 Å². The third-order valence-electron chi connectivity index (χ3n) is 7.87. The second kappa shape index (κ2) is 17.1. The Morgan fingerprint density at radius 2 is 1.16 bits per heavy atom. The number of fused-ring (bicyclic) bond motifs is 5. The highest BCUT2D eigenvalue weighted by Gasteiger charge is 2.25. The summed E-state index contributed by atoms with van der Waals surface area (Å²) < 4.78 is 2.04. The molecule has 0 aromatic carbocycles. The van der Waals surface area contributed by atoms with Crippen molar-refractivity contribution in [2.45, 2.75) is 110 Å². The molecule has 5 aliphatic rings. The minimum Gasteiger partial charge on any atom is -0.258 e. The predicted molar refractivity (Wildman–Crippen MR) is 185 cm³/mol. The first kappa shape index (κ1) is 31.1. The van der Waals surface area contributed by atoms with Gasteiger partial charge < -0.3 is 0 Å². The SMILES string of the molecule is CCCCCCCCCCCCCCCCCCSN1C2=CC3=NC(=CC4=NC(=CC5=NC(=NC1=NN2)N=C5)C=C4)C=C3. The highest BCUT2D eigenvalue weighted by molar-refractivity contribution is 7.97. The monoisotopic (exact) mass is 598 g/mol. The summed E-state index contributed by atoms with van der Waals surface area (Å²) in [5.41, 5.74) is 7.28. The van der Waals surface area contributed by atoms with E-state index in [1.54, 1.807) is 18.2 Å². The minimum atomic E-state index is 0.389. The first-order chi connectivity index (χ1) is 21.3. The highest BCUT2D eigenvalue weighted by atomic mass is 32.2. The number of unbranched alkanes of at least 4 members (excludes halogenated alkanes) is 15. The van der Waals surface area contributed by atoms with Crippen molar-refractivity contribution in [3.63, 3.8) is 0 Å². The van der Waals surface area contributed by atoms with Crippen LogP contribution in [-0.4, -0.2) is 45.3 Å². The Kier molecular flexibility index (Phi) is 12.4. The number of allylic oxidation sites excluding steroid dienone is 7. The van der Waals surface area contributed by atoms with Gasteiger partial charge in [-0.3, -0.25) is 5.43 Å². The molecule has 5 heterocycles. The van der Waals surface area contributed by atoms with E-state index < -0.39 is 0 Å². The molecule has 0 saturated carbocycles. The number of aliphatic imine (C=N–C) groups is 5. The van der Waals surface area contributed by atoms with Crippen molar-refractivity contribution >= 4 is 47.2 Å². The van der Waals surface area contributed by atoms with Crippen molar-refractivity contribution in [3.8, 4) is 0 Å². The highest BCUT2D eigenvalue weighted by Crippen LogP contribution is 2.25. The van der Waals surface area contributed by atoms with Crippen molar-refractivity contribution in [1.29, 1.82) is 0 Å². The first-order valence-electron chi connectivity index (χ1n) is 16.4. The largest absolute Gasteiger partial charge is 0.262 e. The van der Waals surface area contributed by atoms with Crippen LogP contribution < -0.4 is 5.43 Å². The summed E-state index contributed by atoms with van der Waals surface area (Å²) in [5.74, 6) is 2.76. The third-order valence-corrected chi connectivity index (χ3v) is 8.96. The summed E-state index contributed by atoms with van der Waals surface area (Å²) in [6.07, 6.45) is 37.6. The molecule has 0 atom stereocenters. The Labute approximate surface area is 261 Å². The fraction of sp³-hybridized carbons (Fsp3) is 0.529. The van der Waals surface area contributed by atoms with Crippen molar-refractivity contribution in [3.05, 3.63) is 59.7 Å². The molecule has 0 aliphatic carbocycles. The molecule has 228 valence electrons. The van der Waals surface area contributed by atoms with Crippen molar-refractivity contribution in [2.24, 2.45) is 30.1 Å². The van der Waals surface area contributed by atoms with E-state index in [2.05, 4.69) is 37.4 Å². The molecule has 0 aromatic heterocycles. The molecule has 0 amide bonds. The predicted octanol–water partition coefficient (Wildman–Crippen LogP) is 8.60. The van der Waals surface area contributed by atoms with Crippen LogP contribution in [0.1, 0.15) is 110 Å². The van der Waals surface area contributed by atoms with Crippen LogP contribution in [0.4, 0.5) is 0 Å². The van der Waals surface area contributed by atoms with Gasteiger partial charge in [-0.15, -0.1) is 5.10 Å². The second-order valence-electron chi connectivity index (χ2n) is 11.6. The Hall–Kier alpha value is -3.33. The molecule has 0 saturated heterocycles. The van der Waals surface area contributed by atoms with E-state index >= 15 is 0 Å². The molecule has 0 fully saturated rings. The van der Waals surface area contributed by atoms with Gasteiger partial charge in [0, 0.05) is 11.8 Å². The van der Waals surface area contributed by atoms with Crippen LogP contribution in [0.3, 0.4) is 0 Å². The molecule has 0 aromatic rings. The summed E-state index contributed by atoms with van der Waals surface area (Å²) in [6, 6.07) is 0. The Balaban J connectivity index is 1.03. The lowest BCUT2D eigenvalue weighted by Crippen LogP contribution is -2.21. The quantitative estimate of drug-likeness (QED) is 0.127. The number of nitrogens with zero attached hydrogens (tertiary/aromatic N) is 7. The van der Waals surface area contributed by atoms with E-state index in [0.717, 1.165) is 46.5 Å². The van der Waals surface area contributed by atoms with Gasteiger partial charge in [-0.25, -0.2) is 24.3 Å².